The van der Waals surface area contributed by atoms with Crippen LogP contribution in [0.2, 0.25) is 10.0 Å². The maximum Gasteiger partial charge on any atom is 0.196 e. The summed E-state index contributed by atoms with van der Waals surface area (Å²) < 4.78 is 0.771. The molecule has 0 aliphatic heterocycles. The lowest BCUT2D eigenvalue weighted by atomic mass is 10.0. The summed E-state index contributed by atoms with van der Waals surface area (Å²) in [5.74, 6) is -0.331. The van der Waals surface area contributed by atoms with Gasteiger partial charge in [-0.1, -0.05) is 50.3 Å². The molecule has 0 saturated heterocycles. The Labute approximate surface area is 133 Å². The lowest BCUT2D eigenvalue weighted by Crippen LogP contribution is -2.03. The molecule has 0 aromatic heterocycles. The number of nitrogens with zero attached hydrogens (tertiary/aromatic N) is 3. The van der Waals surface area contributed by atoms with Gasteiger partial charge in [0.15, 0.2) is 5.78 Å². The van der Waals surface area contributed by atoms with Crippen molar-refractivity contribution in [3.05, 3.63) is 72.5 Å². The zero-order chi connectivity index (χ0) is 14.7. The van der Waals surface area contributed by atoms with Gasteiger partial charge >= 0.3 is 0 Å². The summed E-state index contributed by atoms with van der Waals surface area (Å²) in [7, 11) is 0. The average molecular weight is 371 g/mol. The molecule has 0 aliphatic carbocycles. The minimum Gasteiger partial charge on any atom is -0.288 e. The third-order valence-electron chi connectivity index (χ3n) is 2.53. The van der Waals surface area contributed by atoms with Crippen LogP contribution >= 0.6 is 39.1 Å². The van der Waals surface area contributed by atoms with Gasteiger partial charge < -0.3 is 0 Å². The van der Waals surface area contributed by atoms with Gasteiger partial charge in [0.1, 0.15) is 0 Å². The van der Waals surface area contributed by atoms with Crippen molar-refractivity contribution in [3.63, 3.8) is 0 Å². The third kappa shape index (κ3) is 3.14. The Morgan fingerprint density at radius 3 is 2.50 bits per heavy atom. The lowest BCUT2D eigenvalue weighted by Gasteiger charge is -2.07. The normalized spacial score (nSPS) is 9.95. The average Bonchev–Trinajstić information content (AvgIpc) is 2.40. The van der Waals surface area contributed by atoms with Crippen molar-refractivity contribution in [2.75, 3.05) is 0 Å². The fraction of sp³-hybridized carbons (Fsp3) is 0. The number of ketones is 1. The summed E-state index contributed by atoms with van der Waals surface area (Å²) in [4.78, 5) is 15.1. The highest BCUT2D eigenvalue weighted by atomic mass is 79.9. The van der Waals surface area contributed by atoms with E-state index in [1.54, 1.807) is 18.2 Å². The van der Waals surface area contributed by atoms with E-state index in [4.69, 9.17) is 28.7 Å². The Balaban J connectivity index is 2.52. The van der Waals surface area contributed by atoms with Crippen molar-refractivity contribution in [2.24, 2.45) is 5.11 Å². The molecule has 2 aromatic carbocycles. The number of hydrogen-bond acceptors (Lipinski definition) is 2. The Hall–Kier alpha value is -1.52. The van der Waals surface area contributed by atoms with E-state index in [2.05, 4.69) is 26.0 Å². The minimum atomic E-state index is -0.331. The van der Waals surface area contributed by atoms with Crippen LogP contribution in [0.4, 0.5) is 5.69 Å². The van der Waals surface area contributed by atoms with Crippen LogP contribution in [0, 0.1) is 0 Å². The molecule has 0 fully saturated rings. The Kier molecular flexibility index (Phi) is 4.68. The van der Waals surface area contributed by atoms with E-state index in [1.165, 1.54) is 18.2 Å². The summed E-state index contributed by atoms with van der Waals surface area (Å²) in [6.45, 7) is 0. The molecule has 2 rings (SSSR count). The molecule has 7 heteroatoms. The number of rotatable bonds is 3. The Morgan fingerprint density at radius 2 is 1.85 bits per heavy atom. The first-order valence-electron chi connectivity index (χ1n) is 5.37. The summed E-state index contributed by atoms with van der Waals surface area (Å²) in [6, 6.07) is 9.41. The maximum atomic E-state index is 12.4. The van der Waals surface area contributed by atoms with Crippen LogP contribution < -0.4 is 0 Å². The second-order valence-electron chi connectivity index (χ2n) is 3.81. The predicted octanol–water partition coefficient (Wildman–Crippen LogP) is 5.93. The first kappa shape index (κ1) is 14.9. The van der Waals surface area contributed by atoms with Crippen LogP contribution in [0.25, 0.3) is 10.4 Å². The number of carbonyl (C=O) groups excluding carboxylic acids is 1. The van der Waals surface area contributed by atoms with Crippen LogP contribution in [0.5, 0.6) is 0 Å². The summed E-state index contributed by atoms with van der Waals surface area (Å²) in [6.07, 6.45) is 0. The van der Waals surface area contributed by atoms with Gasteiger partial charge in [0, 0.05) is 26.2 Å². The highest BCUT2D eigenvalue weighted by Gasteiger charge is 2.16. The molecule has 0 saturated carbocycles. The second-order valence-corrected chi connectivity index (χ2v) is 5.54. The fourth-order valence-electron chi connectivity index (χ4n) is 1.62. The topological polar surface area (TPSA) is 65.8 Å². The molecule has 0 bridgehead atoms. The number of halogens is 3. The smallest absolute Gasteiger partial charge is 0.196 e. The van der Waals surface area contributed by atoms with E-state index in [1.807, 2.05) is 0 Å². The third-order valence-corrected chi connectivity index (χ3v) is 3.67. The standard InChI is InChI=1S/C13H6BrCl2N3O/c14-7-1-3-9(12(16)5-7)13(20)10-6-8(18-19-17)2-4-11(10)15/h1-6H. The van der Waals surface area contributed by atoms with Crippen molar-refractivity contribution in [1.82, 2.24) is 0 Å². The Morgan fingerprint density at radius 1 is 1.10 bits per heavy atom. The number of azide groups is 1. The summed E-state index contributed by atoms with van der Waals surface area (Å²) in [5, 5.41) is 4.03. The largest absolute Gasteiger partial charge is 0.288 e. The van der Waals surface area contributed by atoms with E-state index in [0.29, 0.717) is 16.3 Å². The quantitative estimate of drug-likeness (QED) is 0.286. The molecule has 0 radical (unpaired) electrons. The first-order chi connectivity index (χ1) is 9.52. The molecule has 0 amide bonds. The van der Waals surface area contributed by atoms with Gasteiger partial charge in [-0.05, 0) is 35.9 Å². The number of hydrogen-bond donors (Lipinski definition) is 0. The van der Waals surface area contributed by atoms with Crippen LogP contribution in [-0.4, -0.2) is 5.78 Å². The molecule has 0 atom stereocenters. The number of benzene rings is 2. The highest BCUT2D eigenvalue weighted by Crippen LogP contribution is 2.28. The van der Waals surface area contributed by atoms with Gasteiger partial charge in [-0.15, -0.1) is 0 Å². The van der Waals surface area contributed by atoms with Crippen molar-refractivity contribution in [3.8, 4) is 0 Å². The molecule has 4 nitrogen and oxygen atoms in total. The van der Waals surface area contributed by atoms with Gasteiger partial charge in [-0.2, -0.15) is 0 Å². The molecule has 20 heavy (non-hydrogen) atoms. The summed E-state index contributed by atoms with van der Waals surface area (Å²) >= 11 is 15.3. The zero-order valence-corrected chi connectivity index (χ0v) is 12.9. The van der Waals surface area contributed by atoms with E-state index in [0.717, 1.165) is 4.47 Å². The van der Waals surface area contributed by atoms with E-state index < -0.39 is 0 Å². The number of carbonyl (C=O) groups is 1. The highest BCUT2D eigenvalue weighted by molar-refractivity contribution is 9.10. The van der Waals surface area contributed by atoms with Gasteiger partial charge in [0.05, 0.1) is 10.0 Å². The zero-order valence-electron chi connectivity index (χ0n) is 9.85. The van der Waals surface area contributed by atoms with Crippen LogP contribution in [0.1, 0.15) is 15.9 Å². The van der Waals surface area contributed by atoms with Gasteiger partial charge in [-0.3, -0.25) is 4.79 Å². The molecule has 0 unspecified atom stereocenters. The SMILES string of the molecule is [N-]=[N+]=Nc1ccc(Cl)c(C(=O)c2ccc(Br)cc2Cl)c1. The van der Waals surface area contributed by atoms with E-state index in [-0.39, 0.29) is 16.4 Å². The molecule has 100 valence electrons. The van der Waals surface area contributed by atoms with Crippen molar-refractivity contribution < 1.29 is 4.79 Å². The molecular formula is C13H6BrCl2N3O. The second kappa shape index (κ2) is 6.29. The van der Waals surface area contributed by atoms with Crippen LogP contribution in [-0.2, 0) is 0 Å². The van der Waals surface area contributed by atoms with Gasteiger partial charge in [0.25, 0.3) is 0 Å². The minimum absolute atomic E-state index is 0.237. The molecule has 0 aliphatic rings. The van der Waals surface area contributed by atoms with E-state index >= 15 is 0 Å². The van der Waals surface area contributed by atoms with E-state index in [9.17, 15) is 4.79 Å². The predicted molar refractivity (Wildman–Crippen MR) is 82.8 cm³/mol. The molecular weight excluding hydrogens is 365 g/mol. The molecule has 0 heterocycles. The maximum absolute atomic E-state index is 12.4. The van der Waals surface area contributed by atoms with Crippen molar-refractivity contribution in [2.45, 2.75) is 0 Å². The van der Waals surface area contributed by atoms with Gasteiger partial charge in [0.2, 0.25) is 0 Å². The van der Waals surface area contributed by atoms with Crippen molar-refractivity contribution >= 4 is 50.6 Å². The molecule has 0 spiro atoms. The van der Waals surface area contributed by atoms with Crippen molar-refractivity contribution in [1.29, 1.82) is 0 Å². The first-order valence-corrected chi connectivity index (χ1v) is 6.92. The lowest BCUT2D eigenvalue weighted by molar-refractivity contribution is 0.103. The summed E-state index contributed by atoms with van der Waals surface area (Å²) in [5.41, 5.74) is 9.30. The fourth-order valence-corrected chi connectivity index (χ4v) is 2.58. The Bertz CT molecular complexity index is 742. The van der Waals surface area contributed by atoms with Gasteiger partial charge in [-0.25, -0.2) is 0 Å². The van der Waals surface area contributed by atoms with Crippen LogP contribution in [0.3, 0.4) is 0 Å². The molecule has 2 aromatic rings. The monoisotopic (exact) mass is 369 g/mol. The molecule has 0 N–H and O–H groups in total. The van der Waals surface area contributed by atoms with Crippen LogP contribution in [0.15, 0.2) is 46.0 Å².